The molecule has 0 atom stereocenters. The van der Waals surface area contributed by atoms with Gasteiger partial charge in [0.2, 0.25) is 11.8 Å². The second-order valence-corrected chi connectivity index (χ2v) is 6.21. The lowest BCUT2D eigenvalue weighted by molar-refractivity contribution is -0.132. The number of hydrogen-bond donors (Lipinski definition) is 1. The molecule has 1 saturated heterocycles. The van der Waals surface area contributed by atoms with Gasteiger partial charge in [0, 0.05) is 12.8 Å². The molecule has 1 aliphatic heterocycles. The Morgan fingerprint density at radius 3 is 1.95 bits per heavy atom. The Morgan fingerprint density at radius 1 is 1.11 bits per heavy atom. The summed E-state index contributed by atoms with van der Waals surface area (Å²) in [7, 11) is 0. The highest BCUT2D eigenvalue weighted by atomic mass is 35.5. The van der Waals surface area contributed by atoms with E-state index in [0.717, 1.165) is 4.90 Å². The molecule has 1 aliphatic rings. The van der Waals surface area contributed by atoms with Crippen molar-refractivity contribution >= 4 is 40.7 Å². The van der Waals surface area contributed by atoms with E-state index >= 15 is 0 Å². The first kappa shape index (κ1) is 14.2. The Labute approximate surface area is 120 Å². The number of hydrogen-bond acceptors (Lipinski definition) is 3. The first-order chi connectivity index (χ1) is 8.71. The van der Waals surface area contributed by atoms with Crippen LogP contribution in [0.15, 0.2) is 12.1 Å². The largest absolute Gasteiger partial charge is 0.505 e. The number of nitrogens with zero attached hydrogens (tertiary/aromatic N) is 1. The van der Waals surface area contributed by atoms with Crippen molar-refractivity contribution in [1.82, 2.24) is 0 Å². The Balaban J connectivity index is 2.42. The first-order valence-electron chi connectivity index (χ1n) is 5.75. The molecular weight excluding hydrogens is 289 g/mol. The van der Waals surface area contributed by atoms with Gasteiger partial charge in [-0.2, -0.15) is 0 Å². The van der Waals surface area contributed by atoms with Crippen LogP contribution in [0.2, 0.25) is 10.0 Å². The lowest BCUT2D eigenvalue weighted by Gasteiger charge is -2.34. The van der Waals surface area contributed by atoms with Gasteiger partial charge in [-0.15, -0.1) is 0 Å². The van der Waals surface area contributed by atoms with Gasteiger partial charge in [0.15, 0.2) is 5.75 Å². The average molecular weight is 302 g/mol. The van der Waals surface area contributed by atoms with Crippen LogP contribution >= 0.6 is 23.2 Å². The van der Waals surface area contributed by atoms with Gasteiger partial charge in [-0.25, -0.2) is 0 Å². The maximum absolute atomic E-state index is 12.1. The van der Waals surface area contributed by atoms with Crippen LogP contribution in [0.3, 0.4) is 0 Å². The van der Waals surface area contributed by atoms with E-state index in [-0.39, 0.29) is 45.9 Å². The number of carbonyl (C=O) groups is 2. The monoisotopic (exact) mass is 301 g/mol. The Hall–Kier alpha value is -1.26. The van der Waals surface area contributed by atoms with Gasteiger partial charge in [-0.3, -0.25) is 14.5 Å². The number of aromatic hydroxyl groups is 1. The summed E-state index contributed by atoms with van der Waals surface area (Å²) in [5.74, 6) is -0.845. The Kier molecular flexibility index (Phi) is 3.49. The van der Waals surface area contributed by atoms with Gasteiger partial charge in [0.05, 0.1) is 15.7 Å². The molecule has 6 heteroatoms. The van der Waals surface area contributed by atoms with Gasteiger partial charge in [-0.1, -0.05) is 37.0 Å². The summed E-state index contributed by atoms with van der Waals surface area (Å²) in [6, 6.07) is 2.72. The van der Waals surface area contributed by atoms with Crippen LogP contribution in [0.25, 0.3) is 0 Å². The van der Waals surface area contributed by atoms with Crippen LogP contribution in [0.5, 0.6) is 5.75 Å². The summed E-state index contributed by atoms with van der Waals surface area (Å²) in [4.78, 5) is 25.2. The molecule has 1 aromatic carbocycles. The van der Waals surface area contributed by atoms with Gasteiger partial charge < -0.3 is 5.11 Å². The molecule has 19 heavy (non-hydrogen) atoms. The lowest BCUT2D eigenvalue weighted by atomic mass is 9.81. The molecule has 2 rings (SSSR count). The molecule has 0 radical (unpaired) electrons. The summed E-state index contributed by atoms with van der Waals surface area (Å²) in [6.45, 7) is 3.74. The number of halogens is 2. The third-order valence-electron chi connectivity index (χ3n) is 3.02. The molecular formula is C13H13Cl2NO3. The number of piperidine rings is 1. The van der Waals surface area contributed by atoms with Crippen LogP contribution < -0.4 is 4.90 Å². The number of imide groups is 1. The second-order valence-electron chi connectivity index (χ2n) is 5.40. The molecule has 102 valence electrons. The number of phenols is 1. The van der Waals surface area contributed by atoms with Crippen molar-refractivity contribution < 1.29 is 14.7 Å². The average Bonchev–Trinajstić information content (AvgIpc) is 2.22. The predicted octanol–water partition coefficient (Wildman–Crippen LogP) is 3.38. The molecule has 1 aromatic rings. The topological polar surface area (TPSA) is 57.6 Å². The van der Waals surface area contributed by atoms with Crippen LogP contribution in [-0.4, -0.2) is 16.9 Å². The van der Waals surface area contributed by atoms with E-state index in [0.29, 0.717) is 5.69 Å². The predicted molar refractivity (Wildman–Crippen MR) is 73.6 cm³/mol. The highest BCUT2D eigenvalue weighted by molar-refractivity contribution is 6.38. The Morgan fingerprint density at radius 2 is 1.53 bits per heavy atom. The second kappa shape index (κ2) is 4.69. The van der Waals surface area contributed by atoms with Gasteiger partial charge in [-0.05, 0) is 17.5 Å². The highest BCUT2D eigenvalue weighted by Crippen LogP contribution is 2.39. The van der Waals surface area contributed by atoms with Crippen LogP contribution in [-0.2, 0) is 9.59 Å². The zero-order chi connectivity index (χ0) is 14.4. The van der Waals surface area contributed by atoms with E-state index in [2.05, 4.69) is 0 Å². The van der Waals surface area contributed by atoms with Crippen molar-refractivity contribution in [2.24, 2.45) is 5.41 Å². The van der Waals surface area contributed by atoms with E-state index in [4.69, 9.17) is 23.2 Å². The third kappa shape index (κ3) is 2.69. The van der Waals surface area contributed by atoms with E-state index in [1.54, 1.807) is 0 Å². The SMILES string of the molecule is CC1(C)CC(=O)N(c2cc(Cl)c(O)c(Cl)c2)C(=O)C1. The fraction of sp³-hybridized carbons (Fsp3) is 0.385. The standard InChI is InChI=1S/C13H13Cl2NO3/c1-13(2)5-10(17)16(11(18)6-13)7-3-8(14)12(19)9(15)4-7/h3-4,19H,5-6H2,1-2H3. The van der Waals surface area contributed by atoms with E-state index in [1.807, 2.05) is 13.8 Å². The molecule has 2 amide bonds. The minimum absolute atomic E-state index is 0.00735. The maximum Gasteiger partial charge on any atom is 0.234 e. The minimum Gasteiger partial charge on any atom is -0.505 e. The molecule has 0 aliphatic carbocycles. The molecule has 4 nitrogen and oxygen atoms in total. The first-order valence-corrected chi connectivity index (χ1v) is 6.51. The molecule has 1 heterocycles. The summed E-state index contributed by atoms with van der Waals surface area (Å²) in [5.41, 5.74) is -0.0480. The number of rotatable bonds is 1. The molecule has 0 spiro atoms. The fourth-order valence-corrected chi connectivity index (χ4v) is 2.62. The van der Waals surface area contributed by atoms with Crippen molar-refractivity contribution in [3.8, 4) is 5.75 Å². The van der Waals surface area contributed by atoms with Crippen LogP contribution in [0.4, 0.5) is 5.69 Å². The molecule has 1 N–H and O–H groups in total. The number of carbonyl (C=O) groups excluding carboxylic acids is 2. The Bertz CT molecular complexity index is 526. The maximum atomic E-state index is 12.1. The summed E-state index contributed by atoms with van der Waals surface area (Å²) < 4.78 is 0. The summed E-state index contributed by atoms with van der Waals surface area (Å²) in [5, 5.41) is 9.51. The molecule has 0 bridgehead atoms. The third-order valence-corrected chi connectivity index (χ3v) is 3.59. The van der Waals surface area contributed by atoms with E-state index in [1.165, 1.54) is 12.1 Å². The number of anilines is 1. The highest BCUT2D eigenvalue weighted by Gasteiger charge is 2.38. The number of amides is 2. The summed E-state index contributed by atoms with van der Waals surface area (Å²) >= 11 is 11.6. The number of benzene rings is 1. The molecule has 0 saturated carbocycles. The van der Waals surface area contributed by atoms with E-state index in [9.17, 15) is 14.7 Å². The minimum atomic E-state index is -0.338. The van der Waals surface area contributed by atoms with Gasteiger partial charge in [0.25, 0.3) is 0 Å². The van der Waals surface area contributed by atoms with Crippen molar-refractivity contribution in [3.05, 3.63) is 22.2 Å². The van der Waals surface area contributed by atoms with Crippen LogP contribution in [0.1, 0.15) is 26.7 Å². The normalized spacial score (nSPS) is 18.8. The lowest BCUT2D eigenvalue weighted by Crippen LogP contribution is -2.46. The molecule has 1 fully saturated rings. The number of phenolic OH excluding ortho intramolecular Hbond substituents is 1. The van der Waals surface area contributed by atoms with Crippen molar-refractivity contribution in [3.63, 3.8) is 0 Å². The molecule has 0 unspecified atom stereocenters. The van der Waals surface area contributed by atoms with Crippen molar-refractivity contribution in [2.75, 3.05) is 4.90 Å². The van der Waals surface area contributed by atoms with Crippen LogP contribution in [0, 0.1) is 5.41 Å². The van der Waals surface area contributed by atoms with E-state index < -0.39 is 0 Å². The van der Waals surface area contributed by atoms with Gasteiger partial charge >= 0.3 is 0 Å². The molecule has 0 aromatic heterocycles. The van der Waals surface area contributed by atoms with Gasteiger partial charge in [0.1, 0.15) is 0 Å². The smallest absolute Gasteiger partial charge is 0.234 e. The van der Waals surface area contributed by atoms with Crippen molar-refractivity contribution in [1.29, 1.82) is 0 Å². The zero-order valence-corrected chi connectivity index (χ0v) is 12.0. The zero-order valence-electron chi connectivity index (χ0n) is 10.5. The fourth-order valence-electron chi connectivity index (χ4n) is 2.15. The summed E-state index contributed by atoms with van der Waals surface area (Å²) in [6.07, 6.45) is 0.545. The van der Waals surface area contributed by atoms with Crippen molar-refractivity contribution in [2.45, 2.75) is 26.7 Å². The quantitative estimate of drug-likeness (QED) is 0.809.